The Morgan fingerprint density at radius 3 is 2.67 bits per heavy atom. The van der Waals surface area contributed by atoms with Gasteiger partial charge in [-0.2, -0.15) is 0 Å². The molecule has 2 aromatic carbocycles. The Morgan fingerprint density at radius 1 is 1.11 bits per heavy atom. The fourth-order valence-electron chi connectivity index (χ4n) is 3.38. The second-order valence-electron chi connectivity index (χ2n) is 6.85. The van der Waals surface area contributed by atoms with Crippen LogP contribution in [0.1, 0.15) is 37.8 Å². The van der Waals surface area contributed by atoms with Crippen molar-refractivity contribution in [2.75, 3.05) is 13.2 Å². The molecule has 3 rings (SSSR count). The molecule has 3 nitrogen and oxygen atoms in total. The maximum Gasteiger partial charge on any atom is 0.131 e. The third-order valence-electron chi connectivity index (χ3n) is 4.83. The number of halogens is 1. The second-order valence-corrected chi connectivity index (χ2v) is 6.85. The molecule has 0 unspecified atom stereocenters. The first-order valence-corrected chi connectivity index (χ1v) is 9.91. The van der Waals surface area contributed by atoms with Gasteiger partial charge in [0.1, 0.15) is 11.6 Å². The minimum Gasteiger partial charge on any atom is -0.493 e. The number of aromatic nitrogens is 1. The topological polar surface area (TPSA) is 26.2 Å². The molecule has 0 aliphatic carbocycles. The molecule has 0 radical (unpaired) electrons. The predicted molar refractivity (Wildman–Crippen MR) is 110 cm³/mol. The minimum atomic E-state index is -0.240. The largest absolute Gasteiger partial charge is 0.493 e. The number of fused-ring (bicyclic) bond motifs is 1. The van der Waals surface area contributed by atoms with Gasteiger partial charge in [-0.25, -0.2) is 4.39 Å². The summed E-state index contributed by atoms with van der Waals surface area (Å²) in [6.07, 6.45) is 5.05. The van der Waals surface area contributed by atoms with E-state index >= 15 is 0 Å². The third-order valence-corrected chi connectivity index (χ3v) is 4.83. The predicted octanol–water partition coefficient (Wildman–Crippen LogP) is 5.31. The quantitative estimate of drug-likeness (QED) is 0.491. The van der Waals surface area contributed by atoms with Gasteiger partial charge in [-0.15, -0.1) is 0 Å². The number of benzene rings is 2. The summed E-state index contributed by atoms with van der Waals surface area (Å²) >= 11 is 0. The van der Waals surface area contributed by atoms with Crippen LogP contribution in [0.2, 0.25) is 0 Å². The SMILES string of the molecule is CCCCOc1cc(F)cc2c1c(CCNCc1ccccc1)cn2CC. The van der Waals surface area contributed by atoms with Crippen LogP contribution in [-0.4, -0.2) is 17.7 Å². The number of nitrogens with zero attached hydrogens (tertiary/aromatic N) is 1. The Labute approximate surface area is 161 Å². The van der Waals surface area contributed by atoms with Crippen molar-refractivity contribution in [2.24, 2.45) is 0 Å². The molecule has 0 spiro atoms. The van der Waals surface area contributed by atoms with Crippen LogP contribution < -0.4 is 10.1 Å². The lowest BCUT2D eigenvalue weighted by atomic mass is 10.1. The van der Waals surface area contributed by atoms with Gasteiger partial charge in [0.25, 0.3) is 0 Å². The molecule has 144 valence electrons. The summed E-state index contributed by atoms with van der Waals surface area (Å²) in [5.41, 5.74) is 3.40. The monoisotopic (exact) mass is 368 g/mol. The summed E-state index contributed by atoms with van der Waals surface area (Å²) in [7, 11) is 0. The van der Waals surface area contributed by atoms with Gasteiger partial charge < -0.3 is 14.6 Å². The third kappa shape index (κ3) is 4.89. The molecule has 1 aromatic heterocycles. The van der Waals surface area contributed by atoms with E-state index in [1.807, 2.05) is 6.07 Å². The van der Waals surface area contributed by atoms with E-state index in [1.54, 1.807) is 6.07 Å². The van der Waals surface area contributed by atoms with E-state index < -0.39 is 0 Å². The standard InChI is InChI=1S/C23H29FN2O/c1-3-5-13-27-22-15-20(24)14-21-23(22)19(17-26(21)4-2)11-12-25-16-18-9-7-6-8-10-18/h6-10,14-15,17,25H,3-5,11-13,16H2,1-2H3. The average molecular weight is 368 g/mol. The molecule has 1 heterocycles. The molecule has 27 heavy (non-hydrogen) atoms. The first-order chi connectivity index (χ1) is 13.2. The number of rotatable bonds is 10. The normalized spacial score (nSPS) is 11.2. The molecule has 0 aliphatic rings. The van der Waals surface area contributed by atoms with Crippen LogP contribution >= 0.6 is 0 Å². The van der Waals surface area contributed by atoms with Crippen molar-refractivity contribution in [3.8, 4) is 5.75 Å². The van der Waals surface area contributed by atoms with Crippen molar-refractivity contribution in [3.63, 3.8) is 0 Å². The molecule has 1 N–H and O–H groups in total. The highest BCUT2D eigenvalue weighted by Crippen LogP contribution is 2.32. The molecule has 0 bridgehead atoms. The summed E-state index contributed by atoms with van der Waals surface area (Å²) in [5.74, 6) is 0.430. The van der Waals surface area contributed by atoms with Crippen LogP contribution in [0.5, 0.6) is 5.75 Å². The maximum atomic E-state index is 14.1. The van der Waals surface area contributed by atoms with Gasteiger partial charge in [-0.1, -0.05) is 43.7 Å². The van der Waals surface area contributed by atoms with E-state index in [4.69, 9.17) is 4.74 Å². The van der Waals surface area contributed by atoms with E-state index in [9.17, 15) is 4.39 Å². The van der Waals surface area contributed by atoms with E-state index in [0.717, 1.165) is 49.8 Å². The van der Waals surface area contributed by atoms with Crippen LogP contribution in [0.15, 0.2) is 48.7 Å². The van der Waals surface area contributed by atoms with E-state index in [2.05, 4.69) is 54.2 Å². The lowest BCUT2D eigenvalue weighted by Gasteiger charge is -2.10. The zero-order chi connectivity index (χ0) is 19.1. The van der Waals surface area contributed by atoms with Crippen LogP contribution in [0.3, 0.4) is 0 Å². The van der Waals surface area contributed by atoms with Crippen LogP contribution in [0, 0.1) is 5.82 Å². The molecule has 0 saturated carbocycles. The van der Waals surface area contributed by atoms with Gasteiger partial charge in [0.05, 0.1) is 12.1 Å². The van der Waals surface area contributed by atoms with Crippen molar-refractivity contribution in [2.45, 2.75) is 46.2 Å². The van der Waals surface area contributed by atoms with Crippen molar-refractivity contribution in [1.82, 2.24) is 9.88 Å². The fraction of sp³-hybridized carbons (Fsp3) is 0.391. The first kappa shape index (κ1) is 19.4. The molecule has 4 heteroatoms. The summed E-state index contributed by atoms with van der Waals surface area (Å²) in [5, 5.41) is 4.55. The number of hydrogen-bond donors (Lipinski definition) is 1. The molecular weight excluding hydrogens is 339 g/mol. The maximum absolute atomic E-state index is 14.1. The average Bonchev–Trinajstić information content (AvgIpc) is 3.04. The van der Waals surface area contributed by atoms with Gasteiger partial charge in [-0.3, -0.25) is 0 Å². The van der Waals surface area contributed by atoms with Crippen molar-refractivity contribution in [1.29, 1.82) is 0 Å². The van der Waals surface area contributed by atoms with E-state index in [-0.39, 0.29) is 5.82 Å². The van der Waals surface area contributed by atoms with Crippen molar-refractivity contribution >= 4 is 10.9 Å². The summed E-state index contributed by atoms with van der Waals surface area (Å²) in [6, 6.07) is 13.5. The highest BCUT2D eigenvalue weighted by atomic mass is 19.1. The van der Waals surface area contributed by atoms with Crippen molar-refractivity contribution in [3.05, 3.63) is 65.6 Å². The Morgan fingerprint density at radius 2 is 1.93 bits per heavy atom. The van der Waals surface area contributed by atoms with Crippen molar-refractivity contribution < 1.29 is 9.13 Å². The smallest absolute Gasteiger partial charge is 0.131 e. The highest BCUT2D eigenvalue weighted by Gasteiger charge is 2.15. The van der Waals surface area contributed by atoms with Crippen LogP contribution in [0.4, 0.5) is 4.39 Å². The first-order valence-electron chi connectivity index (χ1n) is 9.91. The van der Waals surface area contributed by atoms with E-state index in [0.29, 0.717) is 12.4 Å². The Balaban J connectivity index is 1.76. The van der Waals surface area contributed by atoms with Gasteiger partial charge in [0, 0.05) is 30.7 Å². The minimum absolute atomic E-state index is 0.240. The highest BCUT2D eigenvalue weighted by molar-refractivity contribution is 5.90. The molecular formula is C23H29FN2O. The Hall–Kier alpha value is -2.33. The second kappa shape index (κ2) is 9.56. The number of nitrogens with one attached hydrogen (secondary N) is 1. The Bertz CT molecular complexity index is 858. The van der Waals surface area contributed by atoms with Crippen LogP contribution in [-0.2, 0) is 19.5 Å². The number of unbranched alkanes of at least 4 members (excludes halogenated alkanes) is 1. The molecule has 0 amide bonds. The molecule has 0 saturated heterocycles. The zero-order valence-corrected chi connectivity index (χ0v) is 16.3. The fourth-order valence-corrected chi connectivity index (χ4v) is 3.38. The lowest BCUT2D eigenvalue weighted by Crippen LogP contribution is -2.16. The van der Waals surface area contributed by atoms with Gasteiger partial charge in [0.2, 0.25) is 0 Å². The number of aryl methyl sites for hydroxylation is 1. The lowest BCUT2D eigenvalue weighted by molar-refractivity contribution is 0.311. The Kier molecular flexibility index (Phi) is 6.88. The van der Waals surface area contributed by atoms with Gasteiger partial charge in [-0.05, 0) is 43.5 Å². The number of hydrogen-bond acceptors (Lipinski definition) is 2. The van der Waals surface area contributed by atoms with E-state index in [1.165, 1.54) is 17.2 Å². The number of ether oxygens (including phenoxy) is 1. The molecule has 0 aliphatic heterocycles. The zero-order valence-electron chi connectivity index (χ0n) is 16.3. The van der Waals surface area contributed by atoms with Crippen LogP contribution in [0.25, 0.3) is 10.9 Å². The summed E-state index contributed by atoms with van der Waals surface area (Å²) in [6.45, 7) is 7.36. The van der Waals surface area contributed by atoms with Gasteiger partial charge >= 0.3 is 0 Å². The summed E-state index contributed by atoms with van der Waals surface area (Å²) in [4.78, 5) is 0. The molecule has 0 atom stereocenters. The summed E-state index contributed by atoms with van der Waals surface area (Å²) < 4.78 is 22.2. The molecule has 3 aromatic rings. The van der Waals surface area contributed by atoms with Gasteiger partial charge in [0.15, 0.2) is 0 Å². The molecule has 0 fully saturated rings.